The molecule has 2 rings (SSSR count). The van der Waals surface area contributed by atoms with Crippen LogP contribution in [0.5, 0.6) is 0 Å². The van der Waals surface area contributed by atoms with Crippen molar-refractivity contribution in [3.8, 4) is 6.07 Å². The molecule has 7 heteroatoms. The first kappa shape index (κ1) is 10.4. The average Bonchev–Trinajstić information content (AvgIpc) is 2.95. The zero-order valence-electron chi connectivity index (χ0n) is 8.88. The second-order valence-corrected chi connectivity index (χ2v) is 3.44. The van der Waals surface area contributed by atoms with E-state index in [0.29, 0.717) is 5.82 Å². The van der Waals surface area contributed by atoms with Gasteiger partial charge in [0.2, 0.25) is 5.69 Å². The fraction of sp³-hybridized carbons (Fsp3) is 0.556. The lowest BCUT2D eigenvalue weighted by Crippen LogP contribution is -2.20. The molecule has 0 saturated carbocycles. The smallest absolute Gasteiger partial charge is 0.450 e. The van der Waals surface area contributed by atoms with E-state index in [2.05, 4.69) is 14.9 Å². The number of carbonyl (C=O) groups excluding carboxylic acids is 1. The molecule has 16 heavy (non-hydrogen) atoms. The molecule has 1 aliphatic heterocycles. The molecular formula is C9H11N5O2. The molecular weight excluding hydrogens is 210 g/mol. The average molecular weight is 221 g/mol. The van der Waals surface area contributed by atoms with Gasteiger partial charge in [-0.1, -0.05) is 4.80 Å². The minimum Gasteiger partial charge on any atom is -0.450 e. The van der Waals surface area contributed by atoms with Gasteiger partial charge >= 0.3 is 6.09 Å². The molecule has 0 aromatic carbocycles. The quantitative estimate of drug-likeness (QED) is 0.681. The Hall–Kier alpha value is -2.10. The van der Waals surface area contributed by atoms with Crippen LogP contribution in [-0.4, -0.2) is 41.3 Å². The Balaban J connectivity index is 2.33. The van der Waals surface area contributed by atoms with E-state index in [9.17, 15) is 4.79 Å². The molecule has 84 valence electrons. The monoisotopic (exact) mass is 221 g/mol. The summed E-state index contributed by atoms with van der Waals surface area (Å²) in [4.78, 5) is 14.0. The summed E-state index contributed by atoms with van der Waals surface area (Å²) in [6.45, 7) is 1.68. The van der Waals surface area contributed by atoms with Crippen molar-refractivity contribution in [2.24, 2.45) is 0 Å². The lowest BCUT2D eigenvalue weighted by atomic mass is 10.4. The molecule has 1 fully saturated rings. The third-order valence-corrected chi connectivity index (χ3v) is 2.45. The predicted octanol–water partition coefficient (Wildman–Crippen LogP) is 0.364. The standard InChI is InChI=1S/C9H11N5O2/c1-16-9(15)14-11-7(6-10)8(12-14)13-4-2-3-5-13/h2-5H2,1H3. The zero-order chi connectivity index (χ0) is 11.5. The largest absolute Gasteiger partial charge is 0.452 e. The van der Waals surface area contributed by atoms with Crippen molar-refractivity contribution in [2.75, 3.05) is 25.1 Å². The van der Waals surface area contributed by atoms with Crippen LogP contribution in [0, 0.1) is 11.3 Å². The highest BCUT2D eigenvalue weighted by Gasteiger charge is 2.22. The van der Waals surface area contributed by atoms with Crippen molar-refractivity contribution < 1.29 is 9.53 Å². The van der Waals surface area contributed by atoms with Crippen LogP contribution in [0.4, 0.5) is 10.6 Å². The van der Waals surface area contributed by atoms with Crippen LogP contribution in [0.3, 0.4) is 0 Å². The van der Waals surface area contributed by atoms with Crippen LogP contribution in [-0.2, 0) is 4.74 Å². The maximum atomic E-state index is 11.2. The third kappa shape index (κ3) is 1.69. The van der Waals surface area contributed by atoms with Crippen LogP contribution in [0.25, 0.3) is 0 Å². The number of ether oxygens (including phenoxy) is 1. The van der Waals surface area contributed by atoms with Gasteiger partial charge in [-0.25, -0.2) is 4.79 Å². The van der Waals surface area contributed by atoms with Gasteiger partial charge in [-0.05, 0) is 12.8 Å². The Morgan fingerprint density at radius 2 is 2.12 bits per heavy atom. The number of nitrogens with zero attached hydrogens (tertiary/aromatic N) is 5. The highest BCUT2D eigenvalue weighted by Crippen LogP contribution is 2.20. The van der Waals surface area contributed by atoms with Gasteiger partial charge in [-0.2, -0.15) is 5.26 Å². The number of anilines is 1. The van der Waals surface area contributed by atoms with Gasteiger partial charge in [0.25, 0.3) is 0 Å². The van der Waals surface area contributed by atoms with Gasteiger partial charge in [0.1, 0.15) is 6.07 Å². The van der Waals surface area contributed by atoms with Crippen molar-refractivity contribution in [1.82, 2.24) is 15.0 Å². The molecule has 0 N–H and O–H groups in total. The van der Waals surface area contributed by atoms with E-state index in [0.717, 1.165) is 30.7 Å². The Morgan fingerprint density at radius 3 is 2.69 bits per heavy atom. The summed E-state index contributed by atoms with van der Waals surface area (Å²) in [6.07, 6.45) is 1.44. The molecule has 0 radical (unpaired) electrons. The third-order valence-electron chi connectivity index (χ3n) is 2.45. The second kappa shape index (κ2) is 4.18. The summed E-state index contributed by atoms with van der Waals surface area (Å²) in [5.41, 5.74) is 0.160. The number of aromatic nitrogens is 3. The number of carbonyl (C=O) groups is 1. The molecule has 0 aliphatic carbocycles. The number of hydrogen-bond acceptors (Lipinski definition) is 6. The normalized spacial score (nSPS) is 14.9. The summed E-state index contributed by atoms with van der Waals surface area (Å²) in [5, 5.41) is 16.6. The summed E-state index contributed by atoms with van der Waals surface area (Å²) in [6, 6.07) is 1.93. The van der Waals surface area contributed by atoms with Crippen molar-refractivity contribution in [3.05, 3.63) is 5.69 Å². The van der Waals surface area contributed by atoms with Gasteiger partial charge < -0.3 is 9.64 Å². The van der Waals surface area contributed by atoms with E-state index in [1.54, 1.807) is 0 Å². The van der Waals surface area contributed by atoms with E-state index in [4.69, 9.17) is 5.26 Å². The highest BCUT2D eigenvalue weighted by molar-refractivity contribution is 5.69. The summed E-state index contributed by atoms with van der Waals surface area (Å²) >= 11 is 0. The highest BCUT2D eigenvalue weighted by atomic mass is 16.5. The summed E-state index contributed by atoms with van der Waals surface area (Å²) in [5.74, 6) is 0.463. The van der Waals surface area contributed by atoms with E-state index in [-0.39, 0.29) is 5.69 Å². The minimum atomic E-state index is -0.693. The summed E-state index contributed by atoms with van der Waals surface area (Å²) in [7, 11) is 1.24. The predicted molar refractivity (Wildman–Crippen MR) is 54.0 cm³/mol. The fourth-order valence-corrected chi connectivity index (χ4v) is 1.68. The Bertz CT molecular complexity index is 441. The Labute approximate surface area is 92.2 Å². The van der Waals surface area contributed by atoms with Crippen LogP contribution < -0.4 is 4.90 Å². The molecule has 0 spiro atoms. The van der Waals surface area contributed by atoms with Crippen LogP contribution in [0.1, 0.15) is 18.5 Å². The van der Waals surface area contributed by atoms with Crippen LogP contribution in [0.2, 0.25) is 0 Å². The number of hydrogen-bond donors (Lipinski definition) is 0. The number of rotatable bonds is 1. The first-order chi connectivity index (χ1) is 7.76. The first-order valence-corrected chi connectivity index (χ1v) is 4.97. The Kier molecular flexibility index (Phi) is 2.72. The fourth-order valence-electron chi connectivity index (χ4n) is 1.68. The maximum Gasteiger partial charge on any atom is 0.452 e. The van der Waals surface area contributed by atoms with Gasteiger partial charge in [-0.15, -0.1) is 10.2 Å². The molecule has 1 aromatic rings. The maximum absolute atomic E-state index is 11.2. The van der Waals surface area contributed by atoms with Crippen molar-refractivity contribution in [1.29, 1.82) is 5.26 Å². The summed E-state index contributed by atoms with van der Waals surface area (Å²) < 4.78 is 4.48. The first-order valence-electron chi connectivity index (χ1n) is 4.97. The topological polar surface area (TPSA) is 84.0 Å². The molecule has 1 aliphatic rings. The van der Waals surface area contributed by atoms with Crippen LogP contribution >= 0.6 is 0 Å². The van der Waals surface area contributed by atoms with Crippen LogP contribution in [0.15, 0.2) is 0 Å². The molecule has 0 unspecified atom stereocenters. The molecule has 1 aromatic heterocycles. The van der Waals surface area contributed by atoms with E-state index in [1.807, 2.05) is 11.0 Å². The Morgan fingerprint density at radius 1 is 1.44 bits per heavy atom. The van der Waals surface area contributed by atoms with Crippen molar-refractivity contribution in [2.45, 2.75) is 12.8 Å². The number of nitriles is 1. The SMILES string of the molecule is COC(=O)n1nc(C#N)c(N2CCCC2)n1. The minimum absolute atomic E-state index is 0.160. The lowest BCUT2D eigenvalue weighted by molar-refractivity contribution is 0.165. The van der Waals surface area contributed by atoms with E-state index in [1.165, 1.54) is 7.11 Å². The van der Waals surface area contributed by atoms with Crippen molar-refractivity contribution in [3.63, 3.8) is 0 Å². The van der Waals surface area contributed by atoms with Crippen molar-refractivity contribution >= 4 is 11.9 Å². The molecule has 0 bridgehead atoms. The zero-order valence-corrected chi connectivity index (χ0v) is 8.88. The van der Waals surface area contributed by atoms with Gasteiger partial charge in [0, 0.05) is 13.1 Å². The number of methoxy groups -OCH3 is 1. The molecule has 7 nitrogen and oxygen atoms in total. The van der Waals surface area contributed by atoms with Gasteiger partial charge in [-0.3, -0.25) is 0 Å². The molecule has 1 saturated heterocycles. The van der Waals surface area contributed by atoms with E-state index >= 15 is 0 Å². The second-order valence-electron chi connectivity index (χ2n) is 3.44. The van der Waals surface area contributed by atoms with E-state index < -0.39 is 6.09 Å². The van der Waals surface area contributed by atoms with Gasteiger partial charge in [0.05, 0.1) is 7.11 Å². The molecule has 0 amide bonds. The molecule has 0 atom stereocenters. The molecule has 2 heterocycles. The van der Waals surface area contributed by atoms with Gasteiger partial charge in [0.15, 0.2) is 5.82 Å². The lowest BCUT2D eigenvalue weighted by Gasteiger charge is -2.12.